The molecule has 196 valence electrons. The molecule has 0 aliphatic heterocycles. The van der Waals surface area contributed by atoms with Crippen LogP contribution in [0, 0.1) is 0 Å². The van der Waals surface area contributed by atoms with Gasteiger partial charge in [0.2, 0.25) is 0 Å². The van der Waals surface area contributed by atoms with E-state index in [9.17, 15) is 9.90 Å². The van der Waals surface area contributed by atoms with Crippen molar-refractivity contribution in [3.05, 3.63) is 109 Å². The first-order valence-corrected chi connectivity index (χ1v) is 14.0. The Hall–Kier alpha value is -4.77. The summed E-state index contributed by atoms with van der Waals surface area (Å²) in [4.78, 5) is 21.6. The van der Waals surface area contributed by atoms with Crippen LogP contribution in [0.4, 0.5) is 0 Å². The summed E-state index contributed by atoms with van der Waals surface area (Å²) in [5.41, 5.74) is 8.36. The Morgan fingerprint density at radius 2 is 1.40 bits per heavy atom. The molecule has 1 saturated carbocycles. The van der Waals surface area contributed by atoms with Gasteiger partial charge in [0.05, 0.1) is 27.8 Å². The quantitative estimate of drug-likeness (QED) is 0.245. The third kappa shape index (κ3) is 4.43. The molecule has 1 fully saturated rings. The Morgan fingerprint density at radius 1 is 0.675 bits per heavy atom. The number of nitrogens with zero attached hydrogens (tertiary/aromatic N) is 3. The second-order valence-corrected chi connectivity index (χ2v) is 10.7. The maximum Gasteiger partial charge on any atom is 0.335 e. The molecular formula is C35H29N3O2. The first-order valence-electron chi connectivity index (χ1n) is 14.0. The summed E-state index contributed by atoms with van der Waals surface area (Å²) in [6, 6.07) is 35.1. The number of aromatic carboxylic acids is 1. The highest BCUT2D eigenvalue weighted by Crippen LogP contribution is 2.37. The van der Waals surface area contributed by atoms with E-state index in [1.807, 2.05) is 12.1 Å². The van der Waals surface area contributed by atoms with Crippen molar-refractivity contribution in [2.75, 3.05) is 0 Å². The lowest BCUT2D eigenvalue weighted by atomic mass is 9.94. The Bertz CT molecular complexity index is 1850. The lowest BCUT2D eigenvalue weighted by Gasteiger charge is -2.25. The third-order valence-corrected chi connectivity index (χ3v) is 8.11. The summed E-state index contributed by atoms with van der Waals surface area (Å²) in [6.07, 6.45) is 5.89. The SMILES string of the molecule is O=C(O)c1ccc2c(c1)nc(-c1ccc3nc(-c4ccc(-c5ccccc5)cc4)ccc3c1)n2C1CCCCC1. The molecule has 0 atom stereocenters. The van der Waals surface area contributed by atoms with Crippen molar-refractivity contribution >= 4 is 27.9 Å². The number of hydrogen-bond acceptors (Lipinski definition) is 3. The van der Waals surface area contributed by atoms with Gasteiger partial charge >= 0.3 is 5.97 Å². The smallest absolute Gasteiger partial charge is 0.335 e. The molecule has 0 radical (unpaired) electrons. The van der Waals surface area contributed by atoms with Crippen molar-refractivity contribution < 1.29 is 9.90 Å². The van der Waals surface area contributed by atoms with Crippen LogP contribution in [0.25, 0.3) is 55.7 Å². The first-order chi connectivity index (χ1) is 19.6. The molecule has 0 unspecified atom stereocenters. The van der Waals surface area contributed by atoms with Crippen LogP contribution < -0.4 is 0 Å². The summed E-state index contributed by atoms with van der Waals surface area (Å²) in [5, 5.41) is 10.6. The van der Waals surface area contributed by atoms with E-state index in [0.717, 1.165) is 57.4 Å². The topological polar surface area (TPSA) is 68.0 Å². The van der Waals surface area contributed by atoms with Gasteiger partial charge in [-0.1, -0.05) is 79.9 Å². The van der Waals surface area contributed by atoms with Crippen LogP contribution in [0.2, 0.25) is 0 Å². The molecule has 2 aromatic heterocycles. The molecule has 1 N–H and O–H groups in total. The standard InChI is InChI=1S/C35H29N3O2/c39-35(40)28-17-20-33-32(22-28)37-34(38(33)29-9-5-2-6-10-29)27-16-19-31-26(21-27)15-18-30(36-31)25-13-11-24(12-14-25)23-7-3-1-4-8-23/h1,3-4,7-8,11-22,29H,2,5-6,9-10H2,(H,39,40). The van der Waals surface area contributed by atoms with E-state index < -0.39 is 5.97 Å². The van der Waals surface area contributed by atoms with Gasteiger partial charge < -0.3 is 9.67 Å². The van der Waals surface area contributed by atoms with Gasteiger partial charge in [0.15, 0.2) is 0 Å². The molecule has 4 aromatic carbocycles. The van der Waals surface area contributed by atoms with Gasteiger partial charge in [0.1, 0.15) is 5.82 Å². The fraction of sp³-hybridized carbons (Fsp3) is 0.171. The van der Waals surface area contributed by atoms with Crippen molar-refractivity contribution in [2.45, 2.75) is 38.1 Å². The van der Waals surface area contributed by atoms with Gasteiger partial charge in [-0.3, -0.25) is 0 Å². The number of imidazole rings is 1. The molecule has 5 heteroatoms. The van der Waals surface area contributed by atoms with E-state index in [0.29, 0.717) is 6.04 Å². The summed E-state index contributed by atoms with van der Waals surface area (Å²) in [7, 11) is 0. The van der Waals surface area contributed by atoms with Gasteiger partial charge in [-0.05, 0) is 66.4 Å². The molecule has 0 spiro atoms. The minimum atomic E-state index is -0.932. The fourth-order valence-electron chi connectivity index (χ4n) is 6.03. The predicted molar refractivity (Wildman–Crippen MR) is 160 cm³/mol. The normalized spacial score (nSPS) is 14.1. The van der Waals surface area contributed by atoms with E-state index in [2.05, 4.69) is 83.4 Å². The zero-order valence-electron chi connectivity index (χ0n) is 22.1. The van der Waals surface area contributed by atoms with E-state index in [1.54, 1.807) is 12.1 Å². The number of carbonyl (C=O) groups is 1. The molecular weight excluding hydrogens is 494 g/mol. The highest BCUT2D eigenvalue weighted by molar-refractivity contribution is 5.94. The Balaban J connectivity index is 1.26. The van der Waals surface area contributed by atoms with E-state index in [-0.39, 0.29) is 5.56 Å². The van der Waals surface area contributed by atoms with Crippen LogP contribution in [0.5, 0.6) is 0 Å². The van der Waals surface area contributed by atoms with Crippen LogP contribution in [0.15, 0.2) is 103 Å². The van der Waals surface area contributed by atoms with Crippen molar-refractivity contribution in [3.8, 4) is 33.8 Å². The molecule has 2 heterocycles. The second-order valence-electron chi connectivity index (χ2n) is 10.7. The summed E-state index contributed by atoms with van der Waals surface area (Å²) >= 11 is 0. The highest BCUT2D eigenvalue weighted by Gasteiger charge is 2.23. The third-order valence-electron chi connectivity index (χ3n) is 8.11. The van der Waals surface area contributed by atoms with Gasteiger partial charge in [0.25, 0.3) is 0 Å². The number of pyridine rings is 1. The number of carboxylic acid groups (broad SMARTS) is 1. The summed E-state index contributed by atoms with van der Waals surface area (Å²) in [6.45, 7) is 0. The van der Waals surface area contributed by atoms with Gasteiger partial charge in [-0.2, -0.15) is 0 Å². The number of carboxylic acids is 1. The average Bonchev–Trinajstić information content (AvgIpc) is 3.40. The van der Waals surface area contributed by atoms with E-state index >= 15 is 0 Å². The molecule has 1 aliphatic rings. The van der Waals surface area contributed by atoms with Crippen molar-refractivity contribution in [1.29, 1.82) is 0 Å². The van der Waals surface area contributed by atoms with Crippen LogP contribution in [0.1, 0.15) is 48.5 Å². The number of fused-ring (bicyclic) bond motifs is 2. The first kappa shape index (κ1) is 24.3. The Kier molecular flexibility index (Phi) is 6.12. The van der Waals surface area contributed by atoms with Crippen molar-refractivity contribution in [1.82, 2.24) is 14.5 Å². The second kappa shape index (κ2) is 10.1. The number of aromatic nitrogens is 3. The predicted octanol–water partition coefficient (Wildman–Crippen LogP) is 8.79. The van der Waals surface area contributed by atoms with Gasteiger partial charge in [-0.15, -0.1) is 0 Å². The number of rotatable bonds is 5. The summed E-state index contributed by atoms with van der Waals surface area (Å²) in [5.74, 6) is -0.0372. The van der Waals surface area contributed by atoms with Crippen LogP contribution in [0.3, 0.4) is 0 Å². The monoisotopic (exact) mass is 523 g/mol. The number of benzene rings is 4. The molecule has 40 heavy (non-hydrogen) atoms. The molecule has 0 bridgehead atoms. The van der Waals surface area contributed by atoms with Crippen LogP contribution in [-0.2, 0) is 0 Å². The van der Waals surface area contributed by atoms with Gasteiger partial charge in [-0.25, -0.2) is 14.8 Å². The van der Waals surface area contributed by atoms with Crippen LogP contribution >= 0.6 is 0 Å². The Labute approximate surface area is 232 Å². The molecule has 1 aliphatic carbocycles. The lowest BCUT2D eigenvalue weighted by Crippen LogP contribution is -2.14. The molecule has 6 aromatic rings. The molecule has 5 nitrogen and oxygen atoms in total. The molecule has 0 saturated heterocycles. The maximum atomic E-state index is 11.6. The average molecular weight is 524 g/mol. The molecule has 7 rings (SSSR count). The highest BCUT2D eigenvalue weighted by atomic mass is 16.4. The van der Waals surface area contributed by atoms with Crippen molar-refractivity contribution in [3.63, 3.8) is 0 Å². The Morgan fingerprint density at radius 3 is 2.17 bits per heavy atom. The zero-order chi connectivity index (χ0) is 27.1. The number of hydrogen-bond donors (Lipinski definition) is 1. The minimum Gasteiger partial charge on any atom is -0.478 e. The van der Waals surface area contributed by atoms with Crippen molar-refractivity contribution in [2.24, 2.45) is 0 Å². The summed E-state index contributed by atoms with van der Waals surface area (Å²) < 4.78 is 2.34. The molecule has 0 amide bonds. The van der Waals surface area contributed by atoms with E-state index in [1.165, 1.54) is 30.4 Å². The maximum absolute atomic E-state index is 11.6. The fourth-order valence-corrected chi connectivity index (χ4v) is 6.03. The largest absolute Gasteiger partial charge is 0.478 e. The lowest BCUT2D eigenvalue weighted by molar-refractivity contribution is 0.0697. The minimum absolute atomic E-state index is 0.263. The zero-order valence-corrected chi connectivity index (χ0v) is 22.1. The van der Waals surface area contributed by atoms with Crippen LogP contribution in [-0.4, -0.2) is 25.6 Å². The van der Waals surface area contributed by atoms with Gasteiger partial charge in [0, 0.05) is 22.6 Å². The van der Waals surface area contributed by atoms with E-state index in [4.69, 9.17) is 9.97 Å².